The average Bonchev–Trinajstić information content (AvgIpc) is 0.918. The summed E-state index contributed by atoms with van der Waals surface area (Å²) in [5, 5.41) is 0. The molecule has 0 aromatic heterocycles. The van der Waals surface area contributed by atoms with Crippen LogP contribution in [0.1, 0.15) is 0 Å². The second-order valence-corrected chi connectivity index (χ2v) is 1.50. The molecule has 0 aromatic rings. The first-order valence-electron chi connectivity index (χ1n) is 1.00. The zero-order valence-electron chi connectivity index (χ0n) is 2.50. The summed E-state index contributed by atoms with van der Waals surface area (Å²) in [7, 11) is 1.08. The summed E-state index contributed by atoms with van der Waals surface area (Å²) in [4.78, 5) is 0. The second-order valence-electron chi connectivity index (χ2n) is 0.500. The van der Waals surface area contributed by atoms with Gasteiger partial charge in [0, 0.05) is 0 Å². The molecular weight excluding hydrogens is 78.0 g/mol. The summed E-state index contributed by atoms with van der Waals surface area (Å²) in [6, 6.07) is 0. The molecular formula is C2H8NaP. The minimum atomic E-state index is 0. The van der Waals surface area contributed by atoms with E-state index < -0.39 is 0 Å². The molecule has 2 heteroatoms. The van der Waals surface area contributed by atoms with Gasteiger partial charge < -0.3 is 0 Å². The molecule has 0 aromatic carbocycles. The van der Waals surface area contributed by atoms with Crippen molar-refractivity contribution in [3.8, 4) is 0 Å². The van der Waals surface area contributed by atoms with Gasteiger partial charge in [-0.3, -0.25) is 0 Å². The van der Waals surface area contributed by atoms with Crippen LogP contribution in [0, 0.1) is 0 Å². The fourth-order valence-electron chi connectivity index (χ4n) is 0. The molecule has 0 rings (SSSR count). The molecule has 22 valence electrons. The Morgan fingerprint density at radius 3 is 1.25 bits per heavy atom. The standard InChI is InChI=1S/C2H7P.Na.H/c1-3-2;;/h3H,1-2H3;;. The molecule has 0 N–H and O–H groups in total. The molecule has 0 aliphatic carbocycles. The quantitative estimate of drug-likeness (QED) is 0.293. The summed E-state index contributed by atoms with van der Waals surface area (Å²) in [5.74, 6) is 0. The first-order valence-corrected chi connectivity index (χ1v) is 3.00. The summed E-state index contributed by atoms with van der Waals surface area (Å²) < 4.78 is 0. The zero-order chi connectivity index (χ0) is 2.71. The number of hydrogen-bond acceptors (Lipinski definition) is 0. The van der Waals surface area contributed by atoms with E-state index in [1.807, 2.05) is 0 Å². The van der Waals surface area contributed by atoms with Crippen LogP contribution >= 0.6 is 8.58 Å². The molecule has 0 atom stereocenters. The van der Waals surface area contributed by atoms with Gasteiger partial charge in [-0.1, -0.05) is 0 Å². The van der Waals surface area contributed by atoms with Crippen molar-refractivity contribution in [3.05, 3.63) is 0 Å². The average molecular weight is 86.0 g/mol. The van der Waals surface area contributed by atoms with Crippen molar-refractivity contribution in [2.75, 3.05) is 13.3 Å². The molecule has 0 saturated carbocycles. The van der Waals surface area contributed by atoms with Crippen molar-refractivity contribution in [2.45, 2.75) is 0 Å². The normalized spacial score (nSPS) is 4.50. The Bertz CT molecular complexity index is 6.00. The Balaban J connectivity index is 0. The van der Waals surface area contributed by atoms with Gasteiger partial charge in [0.05, 0.1) is 0 Å². The molecule has 0 spiro atoms. The zero-order valence-corrected chi connectivity index (χ0v) is 3.50. The molecule has 0 radical (unpaired) electrons. The maximum absolute atomic E-state index is 2.15. The SMILES string of the molecule is CPC.[NaH]. The van der Waals surface area contributed by atoms with E-state index >= 15 is 0 Å². The van der Waals surface area contributed by atoms with Crippen LogP contribution in [-0.4, -0.2) is 42.9 Å². The second kappa shape index (κ2) is 8.83. The third kappa shape index (κ3) is 9.90. The molecule has 0 heterocycles. The molecule has 4 heavy (non-hydrogen) atoms. The van der Waals surface area contributed by atoms with Crippen LogP contribution in [-0.2, 0) is 0 Å². The predicted molar refractivity (Wildman–Crippen MR) is 27.3 cm³/mol. The van der Waals surface area contributed by atoms with E-state index in [1.54, 1.807) is 0 Å². The first-order chi connectivity index (χ1) is 1.41. The molecule has 0 aliphatic heterocycles. The topological polar surface area (TPSA) is 0 Å². The van der Waals surface area contributed by atoms with Crippen LogP contribution in [0.25, 0.3) is 0 Å². The van der Waals surface area contributed by atoms with Crippen LogP contribution in [0.2, 0.25) is 0 Å². The molecule has 0 fully saturated rings. The third-order valence-electron chi connectivity index (χ3n) is 0. The maximum atomic E-state index is 2.15. The molecule has 0 unspecified atom stereocenters. The van der Waals surface area contributed by atoms with Crippen molar-refractivity contribution in [2.24, 2.45) is 0 Å². The molecule has 0 saturated heterocycles. The Morgan fingerprint density at radius 2 is 1.25 bits per heavy atom. The van der Waals surface area contributed by atoms with Crippen LogP contribution in [0.15, 0.2) is 0 Å². The molecule has 0 bridgehead atoms. The van der Waals surface area contributed by atoms with E-state index in [0.717, 1.165) is 8.58 Å². The summed E-state index contributed by atoms with van der Waals surface area (Å²) in [5.41, 5.74) is 0. The van der Waals surface area contributed by atoms with Crippen molar-refractivity contribution in [1.82, 2.24) is 0 Å². The predicted octanol–water partition coefficient (Wildman–Crippen LogP) is 0.276. The van der Waals surface area contributed by atoms with Crippen molar-refractivity contribution in [1.29, 1.82) is 0 Å². The van der Waals surface area contributed by atoms with E-state index in [1.165, 1.54) is 0 Å². The van der Waals surface area contributed by atoms with Gasteiger partial charge in [0.1, 0.15) is 0 Å². The van der Waals surface area contributed by atoms with Gasteiger partial charge in [-0.2, -0.15) is 0 Å². The van der Waals surface area contributed by atoms with Gasteiger partial charge >= 0.3 is 29.6 Å². The Hall–Kier alpha value is 1.43. The van der Waals surface area contributed by atoms with Crippen LogP contribution < -0.4 is 0 Å². The van der Waals surface area contributed by atoms with E-state index in [9.17, 15) is 0 Å². The fourth-order valence-corrected chi connectivity index (χ4v) is 0. The van der Waals surface area contributed by atoms with E-state index in [2.05, 4.69) is 13.3 Å². The van der Waals surface area contributed by atoms with Crippen molar-refractivity contribution < 1.29 is 0 Å². The first kappa shape index (κ1) is 9.06. The Labute approximate surface area is 51.4 Å². The monoisotopic (exact) mass is 86.0 g/mol. The third-order valence-corrected chi connectivity index (χ3v) is 0. The van der Waals surface area contributed by atoms with Gasteiger partial charge in [-0.15, -0.1) is 8.58 Å². The van der Waals surface area contributed by atoms with Gasteiger partial charge in [0.15, 0.2) is 0 Å². The molecule has 0 aliphatic rings. The van der Waals surface area contributed by atoms with Crippen molar-refractivity contribution in [3.63, 3.8) is 0 Å². The summed E-state index contributed by atoms with van der Waals surface area (Å²) >= 11 is 0. The summed E-state index contributed by atoms with van der Waals surface area (Å²) in [6.45, 7) is 4.31. The fraction of sp³-hybridized carbons (Fsp3) is 1.00. The molecule has 0 amide bonds. The molecule has 0 nitrogen and oxygen atoms in total. The van der Waals surface area contributed by atoms with Crippen LogP contribution in [0.3, 0.4) is 0 Å². The van der Waals surface area contributed by atoms with Crippen molar-refractivity contribution >= 4 is 38.1 Å². The Morgan fingerprint density at radius 1 is 1.25 bits per heavy atom. The van der Waals surface area contributed by atoms with Crippen LogP contribution in [0.4, 0.5) is 0 Å². The van der Waals surface area contributed by atoms with Gasteiger partial charge in [-0.05, 0) is 13.3 Å². The van der Waals surface area contributed by atoms with Crippen LogP contribution in [0.5, 0.6) is 0 Å². The van der Waals surface area contributed by atoms with E-state index in [-0.39, 0.29) is 29.6 Å². The van der Waals surface area contributed by atoms with Gasteiger partial charge in [0.2, 0.25) is 0 Å². The van der Waals surface area contributed by atoms with E-state index in [4.69, 9.17) is 0 Å². The number of hydrogen-bond donors (Lipinski definition) is 0. The summed E-state index contributed by atoms with van der Waals surface area (Å²) in [6.07, 6.45) is 0. The Kier molecular flexibility index (Phi) is 20.0. The van der Waals surface area contributed by atoms with Gasteiger partial charge in [-0.25, -0.2) is 0 Å². The number of rotatable bonds is 0. The minimum absolute atomic E-state index is 0. The van der Waals surface area contributed by atoms with Gasteiger partial charge in [0.25, 0.3) is 0 Å². The van der Waals surface area contributed by atoms with E-state index in [0.29, 0.717) is 0 Å².